The van der Waals surface area contributed by atoms with E-state index in [-0.39, 0.29) is 11.5 Å². The van der Waals surface area contributed by atoms with Crippen molar-refractivity contribution in [2.45, 2.75) is 39.2 Å². The molecule has 0 saturated carbocycles. The van der Waals surface area contributed by atoms with Crippen molar-refractivity contribution >= 4 is 11.6 Å². The number of aryl methyl sites for hydroxylation is 1. The Hall–Kier alpha value is -1.35. The standard InChI is InChI=1S/C18H23ClN2/c1-12-5-6-14(11-16(12)19)17(21-20)13-7-9-15(10-8-13)18(2,3)4/h5-11,17,21H,20H2,1-4H3. The third kappa shape index (κ3) is 3.65. The van der Waals surface area contributed by atoms with Crippen LogP contribution in [-0.4, -0.2) is 0 Å². The highest BCUT2D eigenvalue weighted by Crippen LogP contribution is 2.28. The van der Waals surface area contributed by atoms with Crippen LogP contribution < -0.4 is 11.3 Å². The molecule has 0 aliphatic carbocycles. The first-order chi connectivity index (χ1) is 9.82. The van der Waals surface area contributed by atoms with Crippen molar-refractivity contribution in [3.05, 3.63) is 69.7 Å². The molecule has 2 rings (SSSR count). The van der Waals surface area contributed by atoms with E-state index >= 15 is 0 Å². The normalized spacial score (nSPS) is 13.2. The van der Waals surface area contributed by atoms with Crippen LogP contribution in [0.4, 0.5) is 0 Å². The first-order valence-electron chi connectivity index (χ1n) is 7.15. The van der Waals surface area contributed by atoms with Crippen LogP contribution in [0, 0.1) is 6.92 Å². The Labute approximate surface area is 132 Å². The fourth-order valence-electron chi connectivity index (χ4n) is 2.35. The van der Waals surface area contributed by atoms with E-state index in [0.717, 1.165) is 21.7 Å². The summed E-state index contributed by atoms with van der Waals surface area (Å²) in [5.74, 6) is 5.76. The minimum absolute atomic E-state index is 0.0582. The van der Waals surface area contributed by atoms with Crippen LogP contribution >= 0.6 is 11.6 Å². The Kier molecular flexibility index (Phi) is 4.72. The van der Waals surface area contributed by atoms with Gasteiger partial charge in [-0.3, -0.25) is 5.84 Å². The Bertz CT molecular complexity index is 612. The molecule has 112 valence electrons. The summed E-state index contributed by atoms with van der Waals surface area (Å²) in [6.07, 6.45) is 0. The number of benzene rings is 2. The molecule has 0 aliphatic heterocycles. The quantitative estimate of drug-likeness (QED) is 0.647. The van der Waals surface area contributed by atoms with Gasteiger partial charge in [0.1, 0.15) is 0 Å². The molecule has 2 nitrogen and oxygen atoms in total. The molecule has 3 N–H and O–H groups in total. The largest absolute Gasteiger partial charge is 0.271 e. The maximum atomic E-state index is 6.22. The summed E-state index contributed by atoms with van der Waals surface area (Å²) in [6.45, 7) is 8.62. The van der Waals surface area contributed by atoms with Crippen LogP contribution in [0.2, 0.25) is 5.02 Å². The van der Waals surface area contributed by atoms with Gasteiger partial charge in [-0.15, -0.1) is 0 Å². The lowest BCUT2D eigenvalue weighted by Crippen LogP contribution is -2.29. The average Bonchev–Trinajstić information content (AvgIpc) is 2.43. The Balaban J connectivity index is 2.35. The van der Waals surface area contributed by atoms with Gasteiger partial charge in [0.2, 0.25) is 0 Å². The summed E-state index contributed by atoms with van der Waals surface area (Å²) in [4.78, 5) is 0. The van der Waals surface area contributed by atoms with Crippen molar-refractivity contribution in [2.24, 2.45) is 5.84 Å². The van der Waals surface area contributed by atoms with Gasteiger partial charge in [-0.05, 0) is 40.7 Å². The molecule has 0 amide bonds. The molecule has 2 aromatic carbocycles. The summed E-state index contributed by atoms with van der Waals surface area (Å²) in [5, 5.41) is 0.763. The number of halogens is 1. The number of hydrogen-bond donors (Lipinski definition) is 2. The van der Waals surface area contributed by atoms with Gasteiger partial charge in [0, 0.05) is 5.02 Å². The maximum absolute atomic E-state index is 6.22. The van der Waals surface area contributed by atoms with Crippen molar-refractivity contribution in [3.8, 4) is 0 Å². The molecular formula is C18H23ClN2. The fraction of sp³-hybridized carbons (Fsp3) is 0.333. The van der Waals surface area contributed by atoms with Crippen LogP contribution in [0.1, 0.15) is 49.1 Å². The molecule has 0 saturated heterocycles. The van der Waals surface area contributed by atoms with Crippen molar-refractivity contribution in [3.63, 3.8) is 0 Å². The highest BCUT2D eigenvalue weighted by atomic mass is 35.5. The van der Waals surface area contributed by atoms with Crippen LogP contribution in [-0.2, 0) is 5.41 Å². The van der Waals surface area contributed by atoms with Crippen LogP contribution in [0.5, 0.6) is 0 Å². The van der Waals surface area contributed by atoms with Crippen molar-refractivity contribution in [1.82, 2.24) is 5.43 Å². The number of rotatable bonds is 3. The zero-order chi connectivity index (χ0) is 15.6. The monoisotopic (exact) mass is 302 g/mol. The Morgan fingerprint density at radius 1 is 1.00 bits per heavy atom. The van der Waals surface area contributed by atoms with Gasteiger partial charge in [-0.2, -0.15) is 0 Å². The van der Waals surface area contributed by atoms with Gasteiger partial charge in [0.15, 0.2) is 0 Å². The Morgan fingerprint density at radius 3 is 2.05 bits per heavy atom. The summed E-state index contributed by atoms with van der Waals surface area (Å²) < 4.78 is 0. The fourth-order valence-corrected chi connectivity index (χ4v) is 2.54. The van der Waals surface area contributed by atoms with Crippen LogP contribution in [0.25, 0.3) is 0 Å². The van der Waals surface area contributed by atoms with E-state index in [0.29, 0.717) is 0 Å². The SMILES string of the molecule is Cc1ccc(C(NN)c2ccc(C(C)(C)C)cc2)cc1Cl. The second-order valence-corrected chi connectivity index (χ2v) is 6.89. The van der Waals surface area contributed by atoms with Gasteiger partial charge in [0.05, 0.1) is 6.04 Å². The topological polar surface area (TPSA) is 38.0 Å². The molecule has 2 aromatic rings. The minimum Gasteiger partial charge on any atom is -0.271 e. The van der Waals surface area contributed by atoms with Gasteiger partial charge >= 0.3 is 0 Å². The van der Waals surface area contributed by atoms with E-state index in [1.165, 1.54) is 5.56 Å². The molecule has 0 aliphatic rings. The van der Waals surface area contributed by atoms with Gasteiger partial charge < -0.3 is 0 Å². The minimum atomic E-state index is -0.0582. The predicted molar refractivity (Wildman–Crippen MR) is 90.5 cm³/mol. The van der Waals surface area contributed by atoms with Crippen molar-refractivity contribution in [2.75, 3.05) is 0 Å². The van der Waals surface area contributed by atoms with E-state index < -0.39 is 0 Å². The van der Waals surface area contributed by atoms with Crippen LogP contribution in [0.3, 0.4) is 0 Å². The predicted octanol–water partition coefficient (Wildman–Crippen LogP) is 4.50. The molecule has 0 fully saturated rings. The molecular weight excluding hydrogens is 280 g/mol. The molecule has 0 heterocycles. The van der Waals surface area contributed by atoms with Gasteiger partial charge in [-0.1, -0.05) is 68.8 Å². The molecule has 0 aromatic heterocycles. The zero-order valence-electron chi connectivity index (χ0n) is 13.1. The van der Waals surface area contributed by atoms with E-state index in [4.69, 9.17) is 17.4 Å². The second-order valence-electron chi connectivity index (χ2n) is 6.48. The molecule has 0 radical (unpaired) electrons. The highest BCUT2D eigenvalue weighted by molar-refractivity contribution is 6.31. The summed E-state index contributed by atoms with van der Waals surface area (Å²) in [6, 6.07) is 14.6. The molecule has 21 heavy (non-hydrogen) atoms. The summed E-state index contributed by atoms with van der Waals surface area (Å²) in [7, 11) is 0. The third-order valence-electron chi connectivity index (χ3n) is 3.81. The lowest BCUT2D eigenvalue weighted by molar-refractivity contribution is 0.588. The van der Waals surface area contributed by atoms with E-state index in [9.17, 15) is 0 Å². The highest BCUT2D eigenvalue weighted by Gasteiger charge is 2.16. The number of nitrogens with one attached hydrogen (secondary N) is 1. The van der Waals surface area contributed by atoms with Crippen molar-refractivity contribution < 1.29 is 0 Å². The smallest absolute Gasteiger partial charge is 0.0710 e. The summed E-state index contributed by atoms with van der Waals surface area (Å²) in [5.41, 5.74) is 7.61. The molecule has 0 bridgehead atoms. The lowest BCUT2D eigenvalue weighted by atomic mass is 9.86. The molecule has 0 spiro atoms. The Morgan fingerprint density at radius 2 is 1.57 bits per heavy atom. The van der Waals surface area contributed by atoms with E-state index in [1.54, 1.807) is 0 Å². The first-order valence-corrected chi connectivity index (χ1v) is 7.53. The molecule has 1 unspecified atom stereocenters. The number of hydrogen-bond acceptors (Lipinski definition) is 2. The molecule has 3 heteroatoms. The summed E-state index contributed by atoms with van der Waals surface area (Å²) >= 11 is 6.22. The third-order valence-corrected chi connectivity index (χ3v) is 4.21. The van der Waals surface area contributed by atoms with E-state index in [1.807, 2.05) is 19.1 Å². The van der Waals surface area contributed by atoms with Gasteiger partial charge in [0.25, 0.3) is 0 Å². The van der Waals surface area contributed by atoms with Crippen molar-refractivity contribution in [1.29, 1.82) is 0 Å². The van der Waals surface area contributed by atoms with Crippen LogP contribution in [0.15, 0.2) is 42.5 Å². The zero-order valence-corrected chi connectivity index (χ0v) is 13.8. The second kappa shape index (κ2) is 6.18. The molecule has 1 atom stereocenters. The first kappa shape index (κ1) is 16.0. The number of nitrogens with two attached hydrogens (primary N) is 1. The lowest BCUT2D eigenvalue weighted by Gasteiger charge is -2.22. The van der Waals surface area contributed by atoms with E-state index in [2.05, 4.69) is 56.5 Å². The number of hydrazine groups is 1. The maximum Gasteiger partial charge on any atom is 0.0710 e. The average molecular weight is 303 g/mol. The van der Waals surface area contributed by atoms with Gasteiger partial charge in [-0.25, -0.2) is 5.43 Å².